The Hall–Kier alpha value is -1.44. The molecule has 3 heterocycles. The second-order valence-corrected chi connectivity index (χ2v) is 5.87. The first kappa shape index (κ1) is 14.5. The average Bonchev–Trinajstić information content (AvgIpc) is 3.01. The van der Waals surface area contributed by atoms with Gasteiger partial charge in [-0.1, -0.05) is 0 Å². The van der Waals surface area contributed by atoms with Gasteiger partial charge in [0.15, 0.2) is 5.82 Å². The van der Waals surface area contributed by atoms with E-state index >= 15 is 0 Å². The molecular weight excluding hydrogens is 286 g/mol. The summed E-state index contributed by atoms with van der Waals surface area (Å²) < 4.78 is 6.60. The van der Waals surface area contributed by atoms with Crippen molar-refractivity contribution in [3.63, 3.8) is 0 Å². The van der Waals surface area contributed by atoms with Crippen LogP contribution in [0.2, 0.25) is 0 Å². The fraction of sp³-hybridized carbons (Fsp3) is 0.571. The van der Waals surface area contributed by atoms with Crippen LogP contribution >= 0.6 is 11.3 Å². The lowest BCUT2D eigenvalue weighted by Gasteiger charge is -2.29. The van der Waals surface area contributed by atoms with Gasteiger partial charge in [0.1, 0.15) is 0 Å². The van der Waals surface area contributed by atoms with Crippen molar-refractivity contribution in [2.24, 2.45) is 5.73 Å². The zero-order valence-electron chi connectivity index (χ0n) is 12.3. The van der Waals surface area contributed by atoms with Crippen LogP contribution in [0.3, 0.4) is 0 Å². The van der Waals surface area contributed by atoms with Crippen LogP contribution in [0.5, 0.6) is 0 Å². The molecule has 0 spiro atoms. The smallest absolute Gasteiger partial charge is 0.227 e. The highest BCUT2D eigenvalue weighted by atomic mass is 32.1. The first-order valence-electron chi connectivity index (χ1n) is 7.36. The second kappa shape index (κ2) is 6.55. The minimum absolute atomic E-state index is 0.603. The van der Waals surface area contributed by atoms with Crippen molar-refractivity contribution in [3.8, 4) is 0 Å². The first-order chi connectivity index (χ1) is 10.3. The molecule has 0 saturated carbocycles. The van der Waals surface area contributed by atoms with E-state index in [9.17, 15) is 0 Å². The summed E-state index contributed by atoms with van der Waals surface area (Å²) >= 11 is 1.70. The Morgan fingerprint density at radius 2 is 2.19 bits per heavy atom. The summed E-state index contributed by atoms with van der Waals surface area (Å²) in [5.74, 6) is 1.80. The van der Waals surface area contributed by atoms with Crippen molar-refractivity contribution in [1.29, 1.82) is 0 Å². The molecule has 0 amide bonds. The van der Waals surface area contributed by atoms with Crippen molar-refractivity contribution in [2.75, 3.05) is 55.7 Å². The largest absolute Gasteiger partial charge is 0.378 e. The molecule has 0 aromatic carbocycles. The molecule has 6 nitrogen and oxygen atoms in total. The summed E-state index contributed by atoms with van der Waals surface area (Å²) in [5.41, 5.74) is 6.71. The number of likely N-dealkylation sites (N-methyl/N-ethyl adjacent to an activating group) is 1. The lowest BCUT2D eigenvalue weighted by molar-refractivity contribution is 0.122. The monoisotopic (exact) mass is 307 g/mol. The zero-order chi connectivity index (χ0) is 14.7. The number of ether oxygens (including phenoxy) is 1. The molecule has 0 bridgehead atoms. The molecule has 3 rings (SSSR count). The Morgan fingerprint density at radius 1 is 1.38 bits per heavy atom. The maximum absolute atomic E-state index is 5.69. The van der Waals surface area contributed by atoms with E-state index in [4.69, 9.17) is 20.4 Å². The molecule has 21 heavy (non-hydrogen) atoms. The Balaban J connectivity index is 2.02. The standard InChI is InChI=1S/C14H21N5OS/c1-2-18(5-4-15)14-16-11-3-10-21-12(11)13(17-14)19-6-8-20-9-7-19/h3,10H,2,4-9,15H2,1H3. The van der Waals surface area contributed by atoms with E-state index in [0.29, 0.717) is 6.54 Å². The van der Waals surface area contributed by atoms with Gasteiger partial charge >= 0.3 is 0 Å². The maximum Gasteiger partial charge on any atom is 0.227 e. The fourth-order valence-corrected chi connectivity index (χ4v) is 3.37. The first-order valence-corrected chi connectivity index (χ1v) is 8.24. The van der Waals surface area contributed by atoms with Crippen LogP contribution < -0.4 is 15.5 Å². The van der Waals surface area contributed by atoms with Crippen LogP contribution in [0, 0.1) is 0 Å². The molecule has 1 aliphatic heterocycles. The molecule has 2 aromatic rings. The number of fused-ring (bicyclic) bond motifs is 1. The van der Waals surface area contributed by atoms with E-state index in [1.807, 2.05) is 0 Å². The van der Waals surface area contributed by atoms with Crippen LogP contribution in [0.1, 0.15) is 6.92 Å². The van der Waals surface area contributed by atoms with E-state index < -0.39 is 0 Å². The number of nitrogens with zero attached hydrogens (tertiary/aromatic N) is 4. The minimum atomic E-state index is 0.603. The molecular formula is C14H21N5OS. The SMILES string of the molecule is CCN(CCN)c1nc(N2CCOCC2)c2sccc2n1. The van der Waals surface area contributed by atoms with E-state index in [-0.39, 0.29) is 0 Å². The lowest BCUT2D eigenvalue weighted by atomic mass is 10.3. The van der Waals surface area contributed by atoms with Crippen molar-refractivity contribution >= 4 is 33.3 Å². The third kappa shape index (κ3) is 2.95. The molecule has 0 aliphatic carbocycles. The Kier molecular flexibility index (Phi) is 4.52. The normalized spacial score (nSPS) is 15.6. The highest BCUT2D eigenvalue weighted by molar-refractivity contribution is 7.17. The Morgan fingerprint density at radius 3 is 2.90 bits per heavy atom. The average molecular weight is 307 g/mol. The summed E-state index contributed by atoms with van der Waals surface area (Å²) in [5, 5.41) is 2.08. The topological polar surface area (TPSA) is 67.5 Å². The van der Waals surface area contributed by atoms with E-state index in [1.54, 1.807) is 11.3 Å². The van der Waals surface area contributed by atoms with Crippen LogP contribution in [0.15, 0.2) is 11.4 Å². The van der Waals surface area contributed by atoms with Crippen molar-refractivity contribution in [1.82, 2.24) is 9.97 Å². The van der Waals surface area contributed by atoms with Gasteiger partial charge in [-0.05, 0) is 18.4 Å². The number of anilines is 2. The van der Waals surface area contributed by atoms with Gasteiger partial charge in [-0.3, -0.25) is 0 Å². The van der Waals surface area contributed by atoms with Gasteiger partial charge in [-0.2, -0.15) is 4.98 Å². The van der Waals surface area contributed by atoms with Gasteiger partial charge in [0.05, 0.1) is 23.4 Å². The minimum Gasteiger partial charge on any atom is -0.378 e. The molecule has 2 N–H and O–H groups in total. The maximum atomic E-state index is 5.69. The number of aromatic nitrogens is 2. The van der Waals surface area contributed by atoms with E-state index in [1.165, 1.54) is 0 Å². The molecule has 2 aromatic heterocycles. The van der Waals surface area contributed by atoms with Crippen molar-refractivity contribution in [2.45, 2.75) is 6.92 Å². The summed E-state index contributed by atoms with van der Waals surface area (Å²) in [6.07, 6.45) is 0. The number of morpholine rings is 1. The molecule has 1 aliphatic rings. The summed E-state index contributed by atoms with van der Waals surface area (Å²) in [7, 11) is 0. The predicted molar refractivity (Wildman–Crippen MR) is 87.4 cm³/mol. The highest BCUT2D eigenvalue weighted by Crippen LogP contribution is 2.31. The van der Waals surface area contributed by atoms with Gasteiger partial charge in [0.2, 0.25) is 5.95 Å². The van der Waals surface area contributed by atoms with E-state index in [2.05, 4.69) is 28.2 Å². The van der Waals surface area contributed by atoms with Gasteiger partial charge in [0, 0.05) is 32.7 Å². The fourth-order valence-electron chi connectivity index (χ4n) is 2.52. The summed E-state index contributed by atoms with van der Waals surface area (Å²) in [6.45, 7) is 7.61. The van der Waals surface area contributed by atoms with Crippen molar-refractivity contribution < 1.29 is 4.74 Å². The number of hydrogen-bond acceptors (Lipinski definition) is 7. The van der Waals surface area contributed by atoms with Gasteiger partial charge in [0.25, 0.3) is 0 Å². The molecule has 1 fully saturated rings. The summed E-state index contributed by atoms with van der Waals surface area (Å²) in [4.78, 5) is 13.9. The molecule has 0 radical (unpaired) electrons. The van der Waals surface area contributed by atoms with Crippen LogP contribution in [-0.4, -0.2) is 55.9 Å². The highest BCUT2D eigenvalue weighted by Gasteiger charge is 2.19. The Labute approximate surface area is 128 Å². The molecule has 114 valence electrons. The molecule has 0 atom stereocenters. The Bertz CT molecular complexity index is 596. The zero-order valence-corrected chi connectivity index (χ0v) is 13.1. The van der Waals surface area contributed by atoms with Crippen molar-refractivity contribution in [3.05, 3.63) is 11.4 Å². The number of hydrogen-bond donors (Lipinski definition) is 1. The van der Waals surface area contributed by atoms with Gasteiger partial charge < -0.3 is 20.3 Å². The molecule has 7 heteroatoms. The van der Waals surface area contributed by atoms with Crippen LogP contribution in [-0.2, 0) is 4.74 Å². The summed E-state index contributed by atoms with van der Waals surface area (Å²) in [6, 6.07) is 2.06. The number of nitrogens with two attached hydrogens (primary N) is 1. The van der Waals surface area contributed by atoms with E-state index in [0.717, 1.165) is 61.4 Å². The second-order valence-electron chi connectivity index (χ2n) is 4.95. The third-order valence-electron chi connectivity index (χ3n) is 3.65. The number of thiophene rings is 1. The van der Waals surface area contributed by atoms with Crippen LogP contribution in [0.4, 0.5) is 11.8 Å². The molecule has 0 unspecified atom stereocenters. The third-order valence-corrected chi connectivity index (χ3v) is 4.55. The van der Waals surface area contributed by atoms with Gasteiger partial charge in [-0.25, -0.2) is 4.98 Å². The quantitative estimate of drug-likeness (QED) is 0.898. The van der Waals surface area contributed by atoms with Crippen LogP contribution in [0.25, 0.3) is 10.2 Å². The van der Waals surface area contributed by atoms with Gasteiger partial charge in [-0.15, -0.1) is 11.3 Å². The number of rotatable bonds is 5. The molecule has 1 saturated heterocycles. The predicted octanol–water partition coefficient (Wildman–Crippen LogP) is 1.31. The lowest BCUT2D eigenvalue weighted by Crippen LogP contribution is -2.37.